The highest BCUT2D eigenvalue weighted by molar-refractivity contribution is 14.1. The van der Waals surface area contributed by atoms with E-state index in [9.17, 15) is 0 Å². The van der Waals surface area contributed by atoms with E-state index in [-0.39, 0.29) is 4.11 Å². The van der Waals surface area contributed by atoms with E-state index in [1.165, 1.54) is 6.42 Å². The molecule has 68 valence electrons. The lowest BCUT2D eigenvalue weighted by Crippen LogP contribution is -2.16. The molecule has 0 amide bonds. The lowest BCUT2D eigenvalue weighted by atomic mass is 10.1. The zero-order valence-corrected chi connectivity index (χ0v) is 9.63. The number of ether oxygens (including phenoxy) is 2. The molecule has 2 atom stereocenters. The van der Waals surface area contributed by atoms with Gasteiger partial charge >= 0.3 is 0 Å². The maximum absolute atomic E-state index is 5.28. The molecule has 0 aliphatic heterocycles. The molecule has 2 unspecified atom stereocenters. The van der Waals surface area contributed by atoms with Crippen molar-refractivity contribution < 1.29 is 9.47 Å². The predicted molar refractivity (Wildman–Crippen MR) is 55.1 cm³/mol. The van der Waals surface area contributed by atoms with Gasteiger partial charge in [-0.25, -0.2) is 0 Å². The van der Waals surface area contributed by atoms with Gasteiger partial charge in [0.05, 0.1) is 6.10 Å². The molecule has 0 bridgehead atoms. The molecule has 0 rings (SSSR count). The van der Waals surface area contributed by atoms with Crippen molar-refractivity contribution in [2.75, 3.05) is 14.2 Å². The van der Waals surface area contributed by atoms with Gasteiger partial charge in [-0.2, -0.15) is 0 Å². The second-order valence-corrected chi connectivity index (χ2v) is 3.92. The SMILES string of the molecule is CCCC(CC(I)OC)OC. The Balaban J connectivity index is 3.49. The number of methoxy groups -OCH3 is 2. The number of hydrogen-bond donors (Lipinski definition) is 0. The fourth-order valence-corrected chi connectivity index (χ4v) is 1.52. The van der Waals surface area contributed by atoms with Crippen molar-refractivity contribution in [3.63, 3.8) is 0 Å². The van der Waals surface area contributed by atoms with Crippen LogP contribution in [0.15, 0.2) is 0 Å². The first-order valence-corrected chi connectivity index (χ1v) is 5.18. The maximum atomic E-state index is 5.28. The lowest BCUT2D eigenvalue weighted by Gasteiger charge is -2.16. The van der Waals surface area contributed by atoms with Gasteiger partial charge in [0, 0.05) is 20.6 Å². The smallest absolute Gasteiger partial charge is 0.110 e. The van der Waals surface area contributed by atoms with Crippen LogP contribution in [0, 0.1) is 0 Å². The van der Waals surface area contributed by atoms with E-state index < -0.39 is 0 Å². The average Bonchev–Trinajstić information content (AvgIpc) is 2.03. The molecule has 0 aliphatic carbocycles. The van der Waals surface area contributed by atoms with E-state index in [0.29, 0.717) is 6.10 Å². The van der Waals surface area contributed by atoms with E-state index in [1.807, 2.05) is 0 Å². The van der Waals surface area contributed by atoms with Crippen LogP contribution >= 0.6 is 22.6 Å². The zero-order chi connectivity index (χ0) is 8.69. The van der Waals surface area contributed by atoms with Gasteiger partial charge < -0.3 is 9.47 Å². The first-order chi connectivity index (χ1) is 5.24. The third-order valence-corrected chi connectivity index (χ3v) is 2.66. The van der Waals surface area contributed by atoms with Gasteiger partial charge in [0.15, 0.2) is 0 Å². The summed E-state index contributed by atoms with van der Waals surface area (Å²) < 4.78 is 10.7. The molecule has 0 aromatic heterocycles. The van der Waals surface area contributed by atoms with Crippen LogP contribution in [0.25, 0.3) is 0 Å². The average molecular weight is 272 g/mol. The van der Waals surface area contributed by atoms with Gasteiger partial charge in [-0.05, 0) is 6.42 Å². The lowest BCUT2D eigenvalue weighted by molar-refractivity contribution is 0.0549. The highest BCUT2D eigenvalue weighted by atomic mass is 127. The van der Waals surface area contributed by atoms with Crippen molar-refractivity contribution in [2.24, 2.45) is 0 Å². The minimum Gasteiger partial charge on any atom is -0.381 e. The van der Waals surface area contributed by atoms with Crippen molar-refractivity contribution in [1.29, 1.82) is 0 Å². The number of rotatable bonds is 6. The van der Waals surface area contributed by atoms with Gasteiger partial charge in [-0.15, -0.1) is 0 Å². The normalized spacial score (nSPS) is 16.4. The Kier molecular flexibility index (Phi) is 7.74. The van der Waals surface area contributed by atoms with E-state index in [2.05, 4.69) is 29.5 Å². The quantitative estimate of drug-likeness (QED) is 0.546. The fraction of sp³-hybridized carbons (Fsp3) is 1.00. The Hall–Kier alpha value is 0.650. The first-order valence-electron chi connectivity index (χ1n) is 3.94. The summed E-state index contributed by atoms with van der Waals surface area (Å²) in [6.07, 6.45) is 3.65. The Labute approximate surface area is 82.8 Å². The third kappa shape index (κ3) is 5.87. The molecule has 0 saturated heterocycles. The zero-order valence-electron chi connectivity index (χ0n) is 7.47. The number of alkyl halides is 1. The summed E-state index contributed by atoms with van der Waals surface area (Å²) in [4.78, 5) is 0. The monoisotopic (exact) mass is 272 g/mol. The minimum atomic E-state index is 0.282. The van der Waals surface area contributed by atoms with Crippen molar-refractivity contribution in [2.45, 2.75) is 36.4 Å². The van der Waals surface area contributed by atoms with Gasteiger partial charge in [0.25, 0.3) is 0 Å². The van der Waals surface area contributed by atoms with Crippen molar-refractivity contribution in [3.05, 3.63) is 0 Å². The van der Waals surface area contributed by atoms with Crippen LogP contribution in [0.3, 0.4) is 0 Å². The fourth-order valence-electron chi connectivity index (χ4n) is 0.957. The maximum Gasteiger partial charge on any atom is 0.110 e. The van der Waals surface area contributed by atoms with Crippen molar-refractivity contribution >= 4 is 22.6 Å². The van der Waals surface area contributed by atoms with Crippen LogP contribution in [0.5, 0.6) is 0 Å². The molecule has 0 spiro atoms. The highest BCUT2D eigenvalue weighted by Gasteiger charge is 2.11. The largest absolute Gasteiger partial charge is 0.381 e. The molecule has 0 N–H and O–H groups in total. The minimum absolute atomic E-state index is 0.282. The Morgan fingerprint density at radius 3 is 2.27 bits per heavy atom. The number of halogens is 1. The van der Waals surface area contributed by atoms with Gasteiger partial charge in [0.2, 0.25) is 0 Å². The summed E-state index contributed by atoms with van der Waals surface area (Å²) in [6, 6.07) is 0. The molecule has 0 aromatic rings. The van der Waals surface area contributed by atoms with Gasteiger partial charge in [-0.1, -0.05) is 35.9 Å². The molecule has 0 aliphatic rings. The molecule has 2 nitrogen and oxygen atoms in total. The summed E-state index contributed by atoms with van der Waals surface area (Å²) >= 11 is 2.28. The molecular weight excluding hydrogens is 255 g/mol. The van der Waals surface area contributed by atoms with E-state index in [1.54, 1.807) is 14.2 Å². The van der Waals surface area contributed by atoms with Crippen LogP contribution in [-0.2, 0) is 9.47 Å². The van der Waals surface area contributed by atoms with Crippen LogP contribution < -0.4 is 0 Å². The third-order valence-electron chi connectivity index (χ3n) is 1.65. The topological polar surface area (TPSA) is 18.5 Å². The molecule has 11 heavy (non-hydrogen) atoms. The van der Waals surface area contributed by atoms with Crippen LogP contribution in [0.1, 0.15) is 26.2 Å². The number of hydrogen-bond acceptors (Lipinski definition) is 2. The van der Waals surface area contributed by atoms with Gasteiger partial charge in [-0.3, -0.25) is 0 Å². The highest BCUT2D eigenvalue weighted by Crippen LogP contribution is 2.14. The summed E-state index contributed by atoms with van der Waals surface area (Å²) in [5, 5.41) is 0. The molecule has 0 radical (unpaired) electrons. The van der Waals surface area contributed by atoms with Gasteiger partial charge in [0.1, 0.15) is 4.11 Å². The molecule has 0 fully saturated rings. The second-order valence-electron chi connectivity index (χ2n) is 2.53. The summed E-state index contributed by atoms with van der Waals surface area (Å²) in [6.45, 7) is 2.17. The molecule has 0 aromatic carbocycles. The Morgan fingerprint density at radius 1 is 1.27 bits per heavy atom. The van der Waals surface area contributed by atoms with Crippen LogP contribution in [0.4, 0.5) is 0 Å². The predicted octanol–water partition coefficient (Wildman–Crippen LogP) is 2.60. The summed E-state index contributed by atoms with van der Waals surface area (Å²) in [7, 11) is 3.50. The van der Waals surface area contributed by atoms with Crippen LogP contribution in [0.2, 0.25) is 0 Å². The Morgan fingerprint density at radius 2 is 1.91 bits per heavy atom. The van der Waals surface area contributed by atoms with Crippen molar-refractivity contribution in [3.8, 4) is 0 Å². The van der Waals surface area contributed by atoms with E-state index >= 15 is 0 Å². The molecule has 3 heteroatoms. The second kappa shape index (κ2) is 7.31. The molecule has 0 heterocycles. The molecule has 0 saturated carbocycles. The van der Waals surface area contributed by atoms with E-state index in [4.69, 9.17) is 9.47 Å². The standard InChI is InChI=1S/C8H17IO2/c1-4-5-7(10-2)6-8(9)11-3/h7-8H,4-6H2,1-3H3. The van der Waals surface area contributed by atoms with Crippen molar-refractivity contribution in [1.82, 2.24) is 0 Å². The molecular formula is C8H17IO2. The van der Waals surface area contributed by atoms with E-state index in [0.717, 1.165) is 12.8 Å². The summed E-state index contributed by atoms with van der Waals surface area (Å²) in [5.41, 5.74) is 0. The summed E-state index contributed by atoms with van der Waals surface area (Å²) in [5.74, 6) is 0. The van der Waals surface area contributed by atoms with Crippen LogP contribution in [-0.4, -0.2) is 24.4 Å². The Bertz CT molecular complexity index is 88.2. The first kappa shape index (κ1) is 11.6.